The van der Waals surface area contributed by atoms with Gasteiger partial charge in [0.15, 0.2) is 5.82 Å². The van der Waals surface area contributed by atoms with E-state index >= 15 is 0 Å². The summed E-state index contributed by atoms with van der Waals surface area (Å²) in [7, 11) is 3.92. The summed E-state index contributed by atoms with van der Waals surface area (Å²) < 4.78 is 4.31. The number of anilines is 1. The fourth-order valence-corrected chi connectivity index (χ4v) is 2.81. The minimum absolute atomic E-state index is 0.0937. The molecule has 6 heteroatoms. The van der Waals surface area contributed by atoms with E-state index in [4.69, 9.17) is 0 Å². The van der Waals surface area contributed by atoms with Crippen LogP contribution in [0.15, 0.2) is 0 Å². The average molecular weight is 256 g/mol. The molecule has 0 amide bonds. The third-order valence-corrected chi connectivity index (χ3v) is 4.25. The van der Waals surface area contributed by atoms with Gasteiger partial charge in [0.25, 0.3) is 0 Å². The van der Waals surface area contributed by atoms with Crippen LogP contribution in [-0.2, 0) is 6.54 Å². The molecule has 1 aliphatic carbocycles. The van der Waals surface area contributed by atoms with Gasteiger partial charge < -0.3 is 15.3 Å². The fourth-order valence-electron chi connectivity index (χ4n) is 2.21. The second-order valence-corrected chi connectivity index (χ2v) is 5.62. The van der Waals surface area contributed by atoms with Crippen molar-refractivity contribution >= 4 is 16.7 Å². The molecule has 0 spiro atoms. The lowest BCUT2D eigenvalue weighted by molar-refractivity contribution is 0.162. The molecule has 0 atom stereocenters. The number of nitrogens with zero attached hydrogens (tertiary/aromatic N) is 3. The maximum atomic E-state index is 9.48. The number of hydrogen-bond acceptors (Lipinski definition) is 6. The van der Waals surface area contributed by atoms with Crippen molar-refractivity contribution in [3.8, 4) is 0 Å². The molecule has 1 fully saturated rings. The van der Waals surface area contributed by atoms with E-state index in [2.05, 4.69) is 14.7 Å². The zero-order chi connectivity index (χ0) is 12.3. The minimum atomic E-state index is -0.0937. The maximum Gasteiger partial charge on any atom is 0.204 e. The van der Waals surface area contributed by atoms with Crippen LogP contribution in [0.25, 0.3) is 0 Å². The lowest BCUT2D eigenvalue weighted by Gasteiger charge is -2.27. The van der Waals surface area contributed by atoms with Crippen LogP contribution in [0.3, 0.4) is 0 Å². The summed E-state index contributed by atoms with van der Waals surface area (Å²) >= 11 is 1.41. The molecule has 0 aromatic carbocycles. The van der Waals surface area contributed by atoms with Crippen molar-refractivity contribution in [2.75, 3.05) is 25.6 Å². The van der Waals surface area contributed by atoms with Gasteiger partial charge in [-0.05, 0) is 12.8 Å². The van der Waals surface area contributed by atoms with Gasteiger partial charge in [-0.15, -0.1) is 0 Å². The van der Waals surface area contributed by atoms with E-state index in [1.54, 1.807) is 0 Å². The van der Waals surface area contributed by atoms with Gasteiger partial charge in [0.2, 0.25) is 5.13 Å². The van der Waals surface area contributed by atoms with Gasteiger partial charge in [-0.2, -0.15) is 4.37 Å². The Bertz CT molecular complexity index is 360. The highest BCUT2D eigenvalue weighted by Gasteiger charge is 2.32. The summed E-state index contributed by atoms with van der Waals surface area (Å²) in [5, 5.41) is 13.8. The van der Waals surface area contributed by atoms with Gasteiger partial charge >= 0.3 is 0 Å². The van der Waals surface area contributed by atoms with Crippen LogP contribution < -0.4 is 10.2 Å². The number of aliphatic hydroxyl groups is 1. The fraction of sp³-hybridized carbons (Fsp3) is 0.818. The molecule has 1 heterocycles. The Morgan fingerprint density at radius 1 is 1.41 bits per heavy atom. The van der Waals surface area contributed by atoms with E-state index in [1.807, 2.05) is 19.0 Å². The van der Waals surface area contributed by atoms with Crippen LogP contribution in [0.2, 0.25) is 0 Å². The SMILES string of the molecule is CN(C)c1nc(CNC2(CO)CCCC2)ns1. The van der Waals surface area contributed by atoms with E-state index in [-0.39, 0.29) is 12.1 Å². The van der Waals surface area contributed by atoms with Crippen LogP contribution in [0, 0.1) is 0 Å². The number of nitrogens with one attached hydrogen (secondary N) is 1. The Morgan fingerprint density at radius 2 is 2.12 bits per heavy atom. The van der Waals surface area contributed by atoms with Gasteiger partial charge in [-0.3, -0.25) is 0 Å². The maximum absolute atomic E-state index is 9.48. The van der Waals surface area contributed by atoms with Crippen LogP contribution in [0.4, 0.5) is 5.13 Å². The van der Waals surface area contributed by atoms with Crippen molar-refractivity contribution in [1.82, 2.24) is 14.7 Å². The van der Waals surface area contributed by atoms with Gasteiger partial charge in [-0.1, -0.05) is 12.8 Å². The van der Waals surface area contributed by atoms with E-state index in [9.17, 15) is 5.11 Å². The third-order valence-electron chi connectivity index (χ3n) is 3.32. The van der Waals surface area contributed by atoms with Crippen molar-refractivity contribution in [2.24, 2.45) is 0 Å². The first kappa shape index (κ1) is 12.7. The van der Waals surface area contributed by atoms with Crippen LogP contribution in [-0.4, -0.2) is 40.7 Å². The van der Waals surface area contributed by atoms with E-state index in [1.165, 1.54) is 24.4 Å². The molecule has 17 heavy (non-hydrogen) atoms. The van der Waals surface area contributed by atoms with Gasteiger partial charge in [-0.25, -0.2) is 4.98 Å². The highest BCUT2D eigenvalue weighted by atomic mass is 32.1. The van der Waals surface area contributed by atoms with Crippen molar-refractivity contribution < 1.29 is 5.11 Å². The number of hydrogen-bond donors (Lipinski definition) is 2. The molecule has 1 aromatic heterocycles. The first-order chi connectivity index (χ1) is 8.15. The summed E-state index contributed by atoms with van der Waals surface area (Å²) in [5.41, 5.74) is -0.0937. The molecule has 1 aliphatic rings. The molecule has 96 valence electrons. The smallest absolute Gasteiger partial charge is 0.204 e. The number of aliphatic hydroxyl groups excluding tert-OH is 1. The summed E-state index contributed by atoms with van der Waals surface area (Å²) in [6.07, 6.45) is 4.49. The Hall–Kier alpha value is -0.720. The summed E-state index contributed by atoms with van der Waals surface area (Å²) in [4.78, 5) is 6.38. The zero-order valence-corrected chi connectivity index (χ0v) is 11.3. The third kappa shape index (κ3) is 2.94. The Kier molecular flexibility index (Phi) is 3.96. The molecule has 5 nitrogen and oxygen atoms in total. The predicted octanol–water partition coefficient (Wildman–Crippen LogP) is 0.999. The quantitative estimate of drug-likeness (QED) is 0.823. The molecule has 0 saturated heterocycles. The van der Waals surface area contributed by atoms with Crippen LogP contribution in [0.5, 0.6) is 0 Å². The van der Waals surface area contributed by atoms with E-state index in [0.717, 1.165) is 23.8 Å². The van der Waals surface area contributed by atoms with Gasteiger partial charge in [0.1, 0.15) is 0 Å². The normalized spacial score (nSPS) is 18.5. The summed E-state index contributed by atoms with van der Waals surface area (Å²) in [6, 6.07) is 0. The molecule has 0 radical (unpaired) electrons. The number of aromatic nitrogens is 2. The average Bonchev–Trinajstić information content (AvgIpc) is 2.96. The Morgan fingerprint density at radius 3 is 2.65 bits per heavy atom. The Labute approximate surface area is 106 Å². The van der Waals surface area contributed by atoms with Gasteiger partial charge in [0, 0.05) is 31.2 Å². The topological polar surface area (TPSA) is 61.3 Å². The van der Waals surface area contributed by atoms with Crippen molar-refractivity contribution in [3.05, 3.63) is 5.82 Å². The second kappa shape index (κ2) is 5.29. The molecular weight excluding hydrogens is 236 g/mol. The molecule has 2 rings (SSSR count). The lowest BCUT2D eigenvalue weighted by Crippen LogP contribution is -2.45. The predicted molar refractivity (Wildman–Crippen MR) is 69.4 cm³/mol. The molecule has 0 bridgehead atoms. The molecule has 0 aliphatic heterocycles. The molecule has 0 unspecified atom stereocenters. The van der Waals surface area contributed by atoms with Crippen molar-refractivity contribution in [1.29, 1.82) is 0 Å². The zero-order valence-electron chi connectivity index (χ0n) is 10.4. The largest absolute Gasteiger partial charge is 0.394 e. The monoisotopic (exact) mass is 256 g/mol. The lowest BCUT2D eigenvalue weighted by atomic mass is 9.99. The highest BCUT2D eigenvalue weighted by Crippen LogP contribution is 2.29. The minimum Gasteiger partial charge on any atom is -0.394 e. The number of rotatable bonds is 5. The molecule has 2 N–H and O–H groups in total. The van der Waals surface area contributed by atoms with Crippen LogP contribution in [0.1, 0.15) is 31.5 Å². The first-order valence-corrected chi connectivity index (χ1v) is 6.78. The molecule has 1 aromatic rings. The highest BCUT2D eigenvalue weighted by molar-refractivity contribution is 7.09. The summed E-state index contributed by atoms with van der Waals surface area (Å²) in [5.74, 6) is 0.818. The second-order valence-electron chi connectivity index (χ2n) is 4.89. The van der Waals surface area contributed by atoms with Gasteiger partial charge in [0.05, 0.1) is 13.2 Å². The van der Waals surface area contributed by atoms with Crippen molar-refractivity contribution in [3.63, 3.8) is 0 Å². The summed E-state index contributed by atoms with van der Waals surface area (Å²) in [6.45, 7) is 0.850. The van der Waals surface area contributed by atoms with E-state index in [0.29, 0.717) is 6.54 Å². The first-order valence-electron chi connectivity index (χ1n) is 6.01. The van der Waals surface area contributed by atoms with E-state index < -0.39 is 0 Å². The molecule has 1 saturated carbocycles. The molecular formula is C11H20N4OS. The standard InChI is InChI=1S/C11H20N4OS/c1-15(2)10-13-9(14-17-10)7-12-11(8-16)5-3-4-6-11/h12,16H,3-8H2,1-2H3. The van der Waals surface area contributed by atoms with Crippen molar-refractivity contribution in [2.45, 2.75) is 37.8 Å². The Balaban J connectivity index is 1.92. The van der Waals surface area contributed by atoms with Crippen LogP contribution >= 0.6 is 11.5 Å².